The minimum Gasteiger partial charge on any atom is -0.496 e. The molecule has 0 aromatic heterocycles. The van der Waals surface area contributed by atoms with Crippen molar-refractivity contribution in [3.8, 4) is 11.5 Å². The van der Waals surface area contributed by atoms with E-state index in [9.17, 15) is 14.4 Å². The number of amides is 1. The normalized spacial score (nSPS) is 12.3. The molecule has 8 heteroatoms. The van der Waals surface area contributed by atoms with Crippen molar-refractivity contribution in [3.05, 3.63) is 53.6 Å². The molecular weight excluding hydrogens is 474 g/mol. The number of anilines is 1. The second kappa shape index (κ2) is 12.6. The van der Waals surface area contributed by atoms with Gasteiger partial charge < -0.3 is 24.3 Å². The molecule has 2 aromatic carbocycles. The van der Waals surface area contributed by atoms with Crippen LogP contribution in [0.1, 0.15) is 65.5 Å². The van der Waals surface area contributed by atoms with E-state index in [1.807, 2.05) is 6.07 Å². The fourth-order valence-electron chi connectivity index (χ4n) is 3.83. The van der Waals surface area contributed by atoms with Crippen LogP contribution < -0.4 is 14.8 Å². The van der Waals surface area contributed by atoms with Crippen LogP contribution in [0.2, 0.25) is 0 Å². The molecule has 0 heterocycles. The highest BCUT2D eigenvalue weighted by Crippen LogP contribution is 2.47. The van der Waals surface area contributed by atoms with Crippen molar-refractivity contribution in [2.75, 3.05) is 19.5 Å². The fourth-order valence-corrected chi connectivity index (χ4v) is 3.83. The third-order valence-electron chi connectivity index (χ3n) is 5.54. The van der Waals surface area contributed by atoms with Gasteiger partial charge in [0.25, 0.3) is 0 Å². The third kappa shape index (κ3) is 7.47. The summed E-state index contributed by atoms with van der Waals surface area (Å²) in [6.07, 6.45) is -0.934. The van der Waals surface area contributed by atoms with Crippen LogP contribution in [0.3, 0.4) is 0 Å². The van der Waals surface area contributed by atoms with Crippen molar-refractivity contribution in [1.29, 1.82) is 0 Å². The lowest BCUT2D eigenvalue weighted by Crippen LogP contribution is -2.37. The number of benzene rings is 2. The fraction of sp³-hybridized carbons (Fsp3) is 0.483. The highest BCUT2D eigenvalue weighted by atomic mass is 16.6. The van der Waals surface area contributed by atoms with Gasteiger partial charge in [-0.15, -0.1) is 0 Å². The second-order valence-electron chi connectivity index (χ2n) is 10.3. The molecule has 0 radical (unpaired) electrons. The lowest BCUT2D eigenvalue weighted by Gasteiger charge is -2.31. The van der Waals surface area contributed by atoms with E-state index in [1.165, 1.54) is 14.2 Å². The van der Waals surface area contributed by atoms with Crippen molar-refractivity contribution in [2.45, 2.75) is 66.6 Å². The van der Waals surface area contributed by atoms with Crippen molar-refractivity contribution in [1.82, 2.24) is 0 Å². The van der Waals surface area contributed by atoms with E-state index < -0.39 is 41.4 Å². The Bertz CT molecular complexity index is 1070. The first-order valence-electron chi connectivity index (χ1n) is 12.3. The van der Waals surface area contributed by atoms with Gasteiger partial charge in [-0.2, -0.15) is 0 Å². The Morgan fingerprint density at radius 2 is 1.24 bits per heavy atom. The maximum Gasteiger partial charge on any atom is 0.321 e. The predicted octanol–water partition coefficient (Wildman–Crippen LogP) is 5.34. The summed E-state index contributed by atoms with van der Waals surface area (Å²) in [5, 5.41) is 2.96. The Kier molecular flexibility index (Phi) is 10.1. The summed E-state index contributed by atoms with van der Waals surface area (Å²) in [5.74, 6) is -3.38. The summed E-state index contributed by atoms with van der Waals surface area (Å²) < 4.78 is 22.4. The summed E-state index contributed by atoms with van der Waals surface area (Å²) >= 11 is 0. The van der Waals surface area contributed by atoms with Crippen LogP contribution >= 0.6 is 0 Å². The number of nitrogens with one attached hydrogen (secondary N) is 1. The molecular formula is C29H39NO7. The average molecular weight is 514 g/mol. The highest BCUT2D eigenvalue weighted by molar-refractivity contribution is 6.00. The molecule has 0 saturated carbocycles. The molecule has 2 aromatic rings. The molecule has 0 bridgehead atoms. The molecule has 37 heavy (non-hydrogen) atoms. The van der Waals surface area contributed by atoms with Gasteiger partial charge in [0.1, 0.15) is 11.5 Å². The predicted molar refractivity (Wildman–Crippen MR) is 142 cm³/mol. The van der Waals surface area contributed by atoms with Gasteiger partial charge in [-0.1, -0.05) is 51.1 Å². The van der Waals surface area contributed by atoms with E-state index in [2.05, 4.69) is 5.32 Å². The van der Waals surface area contributed by atoms with Gasteiger partial charge in [-0.05, 0) is 45.4 Å². The molecule has 0 fully saturated rings. The number of hydrogen-bond donors (Lipinski definition) is 1. The maximum atomic E-state index is 13.5. The molecule has 2 rings (SSSR count). The molecule has 8 nitrogen and oxygen atoms in total. The highest BCUT2D eigenvalue weighted by Gasteiger charge is 2.43. The molecule has 0 aliphatic rings. The molecule has 1 atom stereocenters. The van der Waals surface area contributed by atoms with Gasteiger partial charge in [-0.25, -0.2) is 0 Å². The maximum absolute atomic E-state index is 13.5. The molecule has 0 aliphatic heterocycles. The molecule has 0 spiro atoms. The Morgan fingerprint density at radius 1 is 0.757 bits per heavy atom. The van der Waals surface area contributed by atoms with Gasteiger partial charge in [0, 0.05) is 16.9 Å². The lowest BCUT2D eigenvalue weighted by molar-refractivity contribution is -0.167. The van der Waals surface area contributed by atoms with Crippen molar-refractivity contribution < 1.29 is 33.3 Å². The summed E-state index contributed by atoms with van der Waals surface area (Å²) in [6, 6.07) is 12.4. The first-order chi connectivity index (χ1) is 17.3. The van der Waals surface area contributed by atoms with E-state index in [-0.39, 0.29) is 5.91 Å². The summed E-state index contributed by atoms with van der Waals surface area (Å²) in [7, 11) is 2.96. The molecule has 202 valence electrons. The average Bonchev–Trinajstić information content (AvgIpc) is 2.81. The van der Waals surface area contributed by atoms with E-state index in [0.29, 0.717) is 28.3 Å². The first-order valence-corrected chi connectivity index (χ1v) is 12.3. The Morgan fingerprint density at radius 3 is 1.68 bits per heavy atom. The number of carbonyl (C=O) groups is 3. The van der Waals surface area contributed by atoms with E-state index in [0.717, 1.165) is 0 Å². The van der Waals surface area contributed by atoms with Gasteiger partial charge in [-0.3, -0.25) is 14.4 Å². The van der Waals surface area contributed by atoms with Gasteiger partial charge in [0.05, 0.1) is 32.1 Å². The van der Waals surface area contributed by atoms with Gasteiger partial charge in [0.2, 0.25) is 5.91 Å². The number of ether oxygens (including phenoxy) is 4. The van der Waals surface area contributed by atoms with Gasteiger partial charge >= 0.3 is 11.9 Å². The number of hydrogen-bond acceptors (Lipinski definition) is 7. The zero-order valence-corrected chi connectivity index (χ0v) is 23.2. The monoisotopic (exact) mass is 513 g/mol. The number of carbonyl (C=O) groups excluding carboxylic acids is 3. The topological polar surface area (TPSA) is 100 Å². The van der Waals surface area contributed by atoms with Crippen LogP contribution in [-0.4, -0.2) is 44.3 Å². The Labute approximate surface area is 219 Å². The van der Waals surface area contributed by atoms with Crippen molar-refractivity contribution in [2.24, 2.45) is 11.3 Å². The smallest absolute Gasteiger partial charge is 0.321 e. The quantitative estimate of drug-likeness (QED) is 0.338. The molecule has 0 saturated heterocycles. The second-order valence-corrected chi connectivity index (χ2v) is 10.3. The molecule has 1 N–H and O–H groups in total. The van der Waals surface area contributed by atoms with Crippen LogP contribution in [0.15, 0.2) is 42.5 Å². The Hall–Kier alpha value is -3.55. The summed E-state index contributed by atoms with van der Waals surface area (Å²) in [5.41, 5.74) is 0.597. The summed E-state index contributed by atoms with van der Waals surface area (Å²) in [6.45, 7) is 12.2. The Balaban J connectivity index is 2.95. The first kappa shape index (κ1) is 29.7. The number of rotatable bonds is 10. The minimum atomic E-state index is -1.39. The third-order valence-corrected chi connectivity index (χ3v) is 5.54. The minimum absolute atomic E-state index is 0.279. The van der Waals surface area contributed by atoms with E-state index >= 15 is 0 Å². The zero-order chi connectivity index (χ0) is 27.9. The van der Waals surface area contributed by atoms with Crippen molar-refractivity contribution in [3.63, 3.8) is 0 Å². The summed E-state index contributed by atoms with van der Waals surface area (Å²) in [4.78, 5) is 40.2. The van der Waals surface area contributed by atoms with Crippen LogP contribution in [0.5, 0.6) is 11.5 Å². The van der Waals surface area contributed by atoms with Crippen molar-refractivity contribution >= 4 is 23.5 Å². The molecule has 0 aliphatic carbocycles. The SMILES string of the molecule is COc1ccc(OC)c(C(c2ccccc2)C(C(=O)OC(C)C)C(=O)OC(C)C)c1NC(=O)C(C)(C)C. The zero-order valence-electron chi connectivity index (χ0n) is 23.2. The van der Waals surface area contributed by atoms with Crippen LogP contribution in [0.4, 0.5) is 5.69 Å². The standard InChI is InChI=1S/C29H39NO7/c1-17(2)36-26(31)24(27(32)37-18(3)4)22(19-13-11-10-12-14-19)23-20(34-8)15-16-21(35-9)25(23)30-28(33)29(5,6)7/h10-18,22,24H,1-9H3,(H,30,33). The molecule has 1 amide bonds. The van der Waals surface area contributed by atoms with E-state index in [1.54, 1.807) is 84.9 Å². The van der Waals surface area contributed by atoms with Crippen LogP contribution in [0.25, 0.3) is 0 Å². The van der Waals surface area contributed by atoms with E-state index in [4.69, 9.17) is 18.9 Å². The number of esters is 2. The largest absolute Gasteiger partial charge is 0.496 e. The number of methoxy groups -OCH3 is 2. The van der Waals surface area contributed by atoms with Crippen LogP contribution in [0, 0.1) is 11.3 Å². The van der Waals surface area contributed by atoms with Gasteiger partial charge in [0.15, 0.2) is 5.92 Å². The van der Waals surface area contributed by atoms with Crippen LogP contribution in [-0.2, 0) is 23.9 Å². The molecule has 1 unspecified atom stereocenters. The lowest BCUT2D eigenvalue weighted by atomic mass is 9.78.